The fourth-order valence-corrected chi connectivity index (χ4v) is 4.17. The molecule has 2 heterocycles. The van der Waals surface area contributed by atoms with Crippen LogP contribution < -0.4 is 0 Å². The number of fused-ring (bicyclic) bond motifs is 1. The highest BCUT2D eigenvalue weighted by molar-refractivity contribution is 8.00. The lowest BCUT2D eigenvalue weighted by Gasteiger charge is -2.32. The second kappa shape index (κ2) is 8.62. The van der Waals surface area contributed by atoms with Crippen molar-refractivity contribution >= 4 is 45.2 Å². The molecule has 2 aromatic heterocycles. The Balaban J connectivity index is 1.93. The number of ether oxygens (including phenoxy) is 1. The quantitative estimate of drug-likeness (QED) is 0.416. The Bertz CT molecular complexity index is 738. The van der Waals surface area contributed by atoms with E-state index in [0.29, 0.717) is 0 Å². The molecule has 0 aromatic carbocycles. The van der Waals surface area contributed by atoms with Gasteiger partial charge in [-0.15, -0.1) is 11.3 Å². The third-order valence-electron chi connectivity index (χ3n) is 3.58. The van der Waals surface area contributed by atoms with Crippen LogP contribution in [0.4, 0.5) is 0 Å². The third-order valence-corrected chi connectivity index (χ3v) is 5.37. The largest absolute Gasteiger partial charge is 0.452 e. The summed E-state index contributed by atoms with van der Waals surface area (Å²) in [4.78, 5) is 35.6. The van der Waals surface area contributed by atoms with Crippen LogP contribution in [0.15, 0.2) is 22.8 Å². The van der Waals surface area contributed by atoms with Crippen molar-refractivity contribution in [3.8, 4) is 0 Å². The first-order chi connectivity index (χ1) is 11.8. The molecule has 0 aliphatic rings. The van der Waals surface area contributed by atoms with Crippen LogP contribution in [0.1, 0.15) is 34.6 Å². The van der Waals surface area contributed by atoms with E-state index in [4.69, 9.17) is 4.74 Å². The molecule has 6 nitrogen and oxygen atoms in total. The van der Waals surface area contributed by atoms with E-state index >= 15 is 0 Å². The zero-order valence-corrected chi connectivity index (χ0v) is 16.7. The molecule has 1 atom stereocenters. The number of carbonyl (C=O) groups is 2. The van der Waals surface area contributed by atoms with Gasteiger partial charge in [-0.2, -0.15) is 0 Å². The smallest absolute Gasteiger partial charge is 0.317 e. The zero-order valence-electron chi connectivity index (χ0n) is 15.1. The average Bonchev–Trinajstić information content (AvgIpc) is 3.01. The van der Waals surface area contributed by atoms with Gasteiger partial charge >= 0.3 is 5.97 Å². The van der Waals surface area contributed by atoms with Crippen LogP contribution in [0, 0.1) is 0 Å². The number of hydrogen-bond acceptors (Lipinski definition) is 7. The predicted octanol–water partition coefficient (Wildman–Crippen LogP) is 3.36. The minimum atomic E-state index is -0.801. The number of amides is 1. The number of thiophene rings is 1. The fraction of sp³-hybridized carbons (Fsp3) is 0.529. The number of aromatic nitrogens is 2. The molecule has 0 unspecified atom stereocenters. The Kier molecular flexibility index (Phi) is 6.78. The summed E-state index contributed by atoms with van der Waals surface area (Å²) >= 11 is 2.82. The lowest BCUT2D eigenvalue weighted by molar-refractivity contribution is -0.159. The van der Waals surface area contributed by atoms with Crippen LogP contribution in [0.3, 0.4) is 0 Å². The van der Waals surface area contributed by atoms with E-state index in [1.807, 2.05) is 39.1 Å². The fourth-order valence-electron chi connectivity index (χ4n) is 2.61. The van der Waals surface area contributed by atoms with Crippen molar-refractivity contribution < 1.29 is 14.3 Å². The Hall–Kier alpha value is -1.67. The van der Waals surface area contributed by atoms with Crippen LogP contribution in [-0.2, 0) is 14.3 Å². The lowest BCUT2D eigenvalue weighted by atomic mass is 10.2. The van der Waals surface area contributed by atoms with Gasteiger partial charge in [-0.05, 0) is 46.1 Å². The van der Waals surface area contributed by atoms with Crippen LogP contribution in [-0.4, -0.2) is 50.7 Å². The minimum Gasteiger partial charge on any atom is -0.452 e. The molecule has 0 aliphatic heterocycles. The first-order valence-corrected chi connectivity index (χ1v) is 10.0. The van der Waals surface area contributed by atoms with Crippen molar-refractivity contribution in [1.82, 2.24) is 14.9 Å². The summed E-state index contributed by atoms with van der Waals surface area (Å²) < 4.78 is 5.32. The van der Waals surface area contributed by atoms with Gasteiger partial charge in [0, 0.05) is 17.5 Å². The maximum absolute atomic E-state index is 12.5. The average molecular weight is 382 g/mol. The molecule has 0 saturated heterocycles. The zero-order chi connectivity index (χ0) is 18.6. The number of carbonyl (C=O) groups excluding carboxylic acids is 2. The molecule has 0 bridgehead atoms. The molecule has 2 aromatic rings. The van der Waals surface area contributed by atoms with E-state index in [1.165, 1.54) is 29.4 Å². The van der Waals surface area contributed by atoms with Gasteiger partial charge in [0.25, 0.3) is 5.91 Å². The first kappa shape index (κ1) is 19.7. The Morgan fingerprint density at radius 2 is 1.88 bits per heavy atom. The summed E-state index contributed by atoms with van der Waals surface area (Å²) in [6.45, 7) is 9.41. The van der Waals surface area contributed by atoms with E-state index in [2.05, 4.69) is 9.97 Å². The highest BCUT2D eigenvalue weighted by atomic mass is 32.2. The van der Waals surface area contributed by atoms with Crippen molar-refractivity contribution in [3.05, 3.63) is 17.8 Å². The van der Waals surface area contributed by atoms with E-state index in [0.717, 1.165) is 15.2 Å². The van der Waals surface area contributed by atoms with Crippen molar-refractivity contribution in [1.29, 1.82) is 0 Å². The van der Waals surface area contributed by atoms with Gasteiger partial charge in [-0.3, -0.25) is 9.59 Å². The summed E-state index contributed by atoms with van der Waals surface area (Å²) in [6.07, 6.45) is 0.686. The van der Waals surface area contributed by atoms with E-state index in [1.54, 1.807) is 11.8 Å². The topological polar surface area (TPSA) is 72.4 Å². The first-order valence-electron chi connectivity index (χ1n) is 8.14. The van der Waals surface area contributed by atoms with E-state index in [-0.39, 0.29) is 23.7 Å². The maximum atomic E-state index is 12.5. The molecular formula is C17H23N3O3S2. The predicted molar refractivity (Wildman–Crippen MR) is 101 cm³/mol. The molecule has 136 valence electrons. The van der Waals surface area contributed by atoms with Gasteiger partial charge in [0.1, 0.15) is 16.2 Å². The van der Waals surface area contributed by atoms with E-state index < -0.39 is 12.1 Å². The highest BCUT2D eigenvalue weighted by Gasteiger charge is 2.27. The number of hydrogen-bond donors (Lipinski definition) is 0. The molecule has 0 N–H and O–H groups in total. The van der Waals surface area contributed by atoms with Crippen LogP contribution in [0.25, 0.3) is 10.2 Å². The number of thioether (sulfide) groups is 1. The molecule has 0 spiro atoms. The summed E-state index contributed by atoms with van der Waals surface area (Å²) in [7, 11) is 0. The van der Waals surface area contributed by atoms with Gasteiger partial charge in [0.05, 0.1) is 5.75 Å². The lowest BCUT2D eigenvalue weighted by Crippen LogP contribution is -2.47. The molecule has 0 radical (unpaired) electrons. The maximum Gasteiger partial charge on any atom is 0.317 e. The van der Waals surface area contributed by atoms with Crippen molar-refractivity contribution in [2.45, 2.75) is 57.8 Å². The van der Waals surface area contributed by atoms with Crippen LogP contribution >= 0.6 is 23.1 Å². The van der Waals surface area contributed by atoms with Crippen molar-refractivity contribution in [2.75, 3.05) is 5.75 Å². The van der Waals surface area contributed by atoms with Crippen molar-refractivity contribution in [2.24, 2.45) is 0 Å². The summed E-state index contributed by atoms with van der Waals surface area (Å²) in [5.74, 6) is -0.505. The van der Waals surface area contributed by atoms with Gasteiger partial charge in [-0.1, -0.05) is 11.8 Å². The van der Waals surface area contributed by atoms with Crippen LogP contribution in [0.2, 0.25) is 0 Å². The Morgan fingerprint density at radius 3 is 2.52 bits per heavy atom. The number of esters is 1. The van der Waals surface area contributed by atoms with E-state index in [9.17, 15) is 9.59 Å². The molecule has 8 heteroatoms. The molecule has 25 heavy (non-hydrogen) atoms. The normalized spacial score (nSPS) is 12.6. The second-order valence-corrected chi connectivity index (χ2v) is 8.03. The Labute approximate surface area is 156 Å². The highest BCUT2D eigenvalue weighted by Crippen LogP contribution is 2.27. The van der Waals surface area contributed by atoms with Gasteiger partial charge < -0.3 is 9.64 Å². The number of rotatable bonds is 7. The second-order valence-electron chi connectivity index (χ2n) is 6.17. The van der Waals surface area contributed by atoms with Crippen LogP contribution in [0.5, 0.6) is 0 Å². The van der Waals surface area contributed by atoms with Gasteiger partial charge in [0.2, 0.25) is 0 Å². The third kappa shape index (κ3) is 4.92. The molecule has 2 rings (SSSR count). The standard InChI is InChI=1S/C17H23N3O3S2/c1-10(2)20(11(3)4)17(22)12(5)23-14(21)8-25-16-13-6-7-24-15(13)18-9-19-16/h6-7,9-12H,8H2,1-5H3/t12-/m0/s1. The summed E-state index contributed by atoms with van der Waals surface area (Å²) in [5.41, 5.74) is 0. The Morgan fingerprint density at radius 1 is 1.20 bits per heavy atom. The molecule has 0 aliphatic carbocycles. The molecular weight excluding hydrogens is 358 g/mol. The minimum absolute atomic E-state index is 0.0518. The molecule has 1 amide bonds. The molecule has 0 saturated carbocycles. The summed E-state index contributed by atoms with van der Waals surface area (Å²) in [6, 6.07) is 2.04. The molecule has 0 fully saturated rings. The van der Waals surface area contributed by atoms with Gasteiger partial charge in [-0.25, -0.2) is 9.97 Å². The SMILES string of the molecule is CC(C)N(C(=O)[C@H](C)OC(=O)CSc1ncnc2sccc12)C(C)C. The van der Waals surface area contributed by atoms with Gasteiger partial charge in [0.15, 0.2) is 6.10 Å². The summed E-state index contributed by atoms with van der Waals surface area (Å²) in [5, 5.41) is 3.61. The monoisotopic (exact) mass is 381 g/mol. The number of nitrogens with zero attached hydrogens (tertiary/aromatic N) is 3. The van der Waals surface area contributed by atoms with Crippen molar-refractivity contribution in [3.63, 3.8) is 0 Å².